The molecule has 112 valence electrons. The number of hydrogen-bond acceptors (Lipinski definition) is 4. The first-order valence-electron chi connectivity index (χ1n) is 7.23. The molecule has 0 unspecified atom stereocenters. The van der Waals surface area contributed by atoms with Crippen LogP contribution in [0.2, 0.25) is 0 Å². The van der Waals surface area contributed by atoms with Gasteiger partial charge in [0.15, 0.2) is 0 Å². The number of hydrogen-bond donors (Lipinski definition) is 1. The minimum Gasteiger partial charge on any atom is -0.493 e. The van der Waals surface area contributed by atoms with Crippen LogP contribution in [0.4, 0.5) is 5.69 Å². The predicted octanol–water partition coefficient (Wildman–Crippen LogP) is 2.87. The number of nitrogens with two attached hydrogens (primary N) is 1. The van der Waals surface area contributed by atoms with Crippen LogP contribution in [-0.2, 0) is 6.54 Å². The Morgan fingerprint density at radius 1 is 1.19 bits per heavy atom. The number of ether oxygens (including phenoxy) is 1. The van der Waals surface area contributed by atoms with E-state index >= 15 is 0 Å². The van der Waals surface area contributed by atoms with Crippen LogP contribution in [0.1, 0.15) is 17.8 Å². The highest BCUT2D eigenvalue weighted by atomic mass is 16.5. The summed E-state index contributed by atoms with van der Waals surface area (Å²) in [6.07, 6.45) is 0.969. The van der Waals surface area contributed by atoms with Gasteiger partial charge in [-0.3, -0.25) is 4.98 Å². The lowest BCUT2D eigenvalue weighted by molar-refractivity contribution is 0.257. The molecular weight excluding hydrogens is 262 g/mol. The van der Waals surface area contributed by atoms with E-state index in [9.17, 15) is 0 Å². The third-order valence-corrected chi connectivity index (χ3v) is 3.19. The van der Waals surface area contributed by atoms with Crippen molar-refractivity contribution in [2.45, 2.75) is 19.9 Å². The fraction of sp³-hybridized carbons (Fsp3) is 0.353. The number of anilines is 1. The fourth-order valence-electron chi connectivity index (χ4n) is 2.17. The Morgan fingerprint density at radius 3 is 2.76 bits per heavy atom. The summed E-state index contributed by atoms with van der Waals surface area (Å²) in [6, 6.07) is 13.7. The molecule has 0 spiro atoms. The monoisotopic (exact) mass is 285 g/mol. The highest BCUT2D eigenvalue weighted by Gasteiger charge is 2.02. The van der Waals surface area contributed by atoms with E-state index in [-0.39, 0.29) is 0 Å². The van der Waals surface area contributed by atoms with Crippen molar-refractivity contribution in [3.8, 4) is 5.75 Å². The number of nitrogens with zero attached hydrogens (tertiary/aromatic N) is 2. The molecule has 4 nitrogen and oxygen atoms in total. The zero-order valence-electron chi connectivity index (χ0n) is 12.7. The minimum absolute atomic E-state index is 0.690. The predicted molar refractivity (Wildman–Crippen MR) is 86.3 cm³/mol. The molecule has 0 saturated carbocycles. The number of aromatic nitrogens is 1. The first kappa shape index (κ1) is 15.3. The van der Waals surface area contributed by atoms with E-state index in [1.165, 1.54) is 0 Å². The second kappa shape index (κ2) is 7.64. The average Bonchev–Trinajstić information content (AvgIpc) is 2.44. The van der Waals surface area contributed by atoms with Crippen molar-refractivity contribution in [3.63, 3.8) is 0 Å². The lowest BCUT2D eigenvalue weighted by atomic mass is 10.3. The van der Waals surface area contributed by atoms with Gasteiger partial charge in [-0.25, -0.2) is 0 Å². The molecule has 2 N–H and O–H groups in total. The molecule has 0 atom stereocenters. The summed E-state index contributed by atoms with van der Waals surface area (Å²) < 4.78 is 5.68. The molecular formula is C17H23N3O. The number of benzene rings is 1. The van der Waals surface area contributed by atoms with Gasteiger partial charge in [-0.15, -0.1) is 0 Å². The number of rotatable bonds is 7. The zero-order valence-corrected chi connectivity index (χ0v) is 12.7. The molecule has 0 aliphatic carbocycles. The molecule has 0 radical (unpaired) electrons. The van der Waals surface area contributed by atoms with E-state index < -0.39 is 0 Å². The van der Waals surface area contributed by atoms with Gasteiger partial charge in [0.2, 0.25) is 0 Å². The van der Waals surface area contributed by atoms with Crippen LogP contribution in [0, 0.1) is 6.92 Å². The minimum atomic E-state index is 0.690. The van der Waals surface area contributed by atoms with Crippen molar-refractivity contribution < 1.29 is 4.74 Å². The molecule has 1 heterocycles. The van der Waals surface area contributed by atoms with Crippen molar-refractivity contribution in [3.05, 3.63) is 53.9 Å². The van der Waals surface area contributed by atoms with Gasteiger partial charge in [0.1, 0.15) is 5.75 Å². The van der Waals surface area contributed by atoms with Crippen LogP contribution in [0.15, 0.2) is 42.5 Å². The Morgan fingerprint density at radius 2 is 2.00 bits per heavy atom. The summed E-state index contributed by atoms with van der Waals surface area (Å²) in [4.78, 5) is 6.77. The number of nitrogen functional groups attached to an aromatic ring is 1. The van der Waals surface area contributed by atoms with Crippen molar-refractivity contribution in [2.24, 2.45) is 0 Å². The molecule has 0 bridgehead atoms. The lowest BCUT2D eigenvalue weighted by Crippen LogP contribution is -2.21. The van der Waals surface area contributed by atoms with E-state index in [4.69, 9.17) is 10.5 Å². The molecule has 2 aromatic rings. The van der Waals surface area contributed by atoms with Crippen LogP contribution >= 0.6 is 0 Å². The topological polar surface area (TPSA) is 51.4 Å². The van der Waals surface area contributed by atoms with Gasteiger partial charge in [0.05, 0.1) is 12.3 Å². The van der Waals surface area contributed by atoms with Gasteiger partial charge in [-0.1, -0.05) is 12.1 Å². The normalized spacial score (nSPS) is 10.8. The third kappa shape index (κ3) is 5.44. The SMILES string of the molecule is Cc1cccc(CN(C)CCCOc2cccc(N)c2)n1. The Hall–Kier alpha value is -2.07. The summed E-state index contributed by atoms with van der Waals surface area (Å²) in [6.45, 7) is 4.54. The smallest absolute Gasteiger partial charge is 0.121 e. The quantitative estimate of drug-likeness (QED) is 0.628. The molecule has 2 rings (SSSR count). The van der Waals surface area contributed by atoms with Gasteiger partial charge >= 0.3 is 0 Å². The molecule has 0 amide bonds. The maximum Gasteiger partial charge on any atom is 0.121 e. The Balaban J connectivity index is 1.68. The second-order valence-electron chi connectivity index (χ2n) is 5.28. The van der Waals surface area contributed by atoms with Gasteiger partial charge in [-0.05, 0) is 44.7 Å². The van der Waals surface area contributed by atoms with Crippen LogP contribution in [0.5, 0.6) is 5.75 Å². The van der Waals surface area contributed by atoms with Crippen LogP contribution in [0.3, 0.4) is 0 Å². The maximum absolute atomic E-state index is 5.71. The summed E-state index contributed by atoms with van der Waals surface area (Å²) in [5.74, 6) is 0.831. The van der Waals surface area contributed by atoms with E-state index in [1.54, 1.807) is 0 Å². The first-order valence-corrected chi connectivity index (χ1v) is 7.23. The van der Waals surface area contributed by atoms with E-state index in [1.807, 2.05) is 37.3 Å². The molecule has 21 heavy (non-hydrogen) atoms. The highest BCUT2D eigenvalue weighted by molar-refractivity contribution is 5.43. The van der Waals surface area contributed by atoms with Crippen LogP contribution in [0.25, 0.3) is 0 Å². The Labute approximate surface area is 126 Å². The van der Waals surface area contributed by atoms with Crippen LogP contribution < -0.4 is 10.5 Å². The van der Waals surface area contributed by atoms with Crippen molar-refractivity contribution in [1.82, 2.24) is 9.88 Å². The summed E-state index contributed by atoms with van der Waals surface area (Å²) in [5, 5.41) is 0. The first-order chi connectivity index (χ1) is 10.1. The van der Waals surface area contributed by atoms with Crippen LogP contribution in [-0.4, -0.2) is 30.1 Å². The Bertz CT molecular complexity index is 571. The van der Waals surface area contributed by atoms with Gasteiger partial charge < -0.3 is 15.4 Å². The number of aryl methyl sites for hydroxylation is 1. The summed E-state index contributed by atoms with van der Waals surface area (Å²) >= 11 is 0. The summed E-state index contributed by atoms with van der Waals surface area (Å²) in [5.41, 5.74) is 8.61. The molecule has 0 aliphatic rings. The molecule has 4 heteroatoms. The van der Waals surface area contributed by atoms with Crippen molar-refractivity contribution >= 4 is 5.69 Å². The average molecular weight is 285 g/mol. The molecule has 1 aromatic carbocycles. The van der Waals surface area contributed by atoms with Gasteiger partial charge in [0.25, 0.3) is 0 Å². The lowest BCUT2D eigenvalue weighted by Gasteiger charge is -2.16. The standard InChI is InChI=1S/C17H23N3O/c1-14-6-3-8-16(19-14)13-20(2)10-5-11-21-17-9-4-7-15(18)12-17/h3-4,6-9,12H,5,10-11,13,18H2,1-2H3. The van der Waals surface area contributed by atoms with E-state index in [2.05, 4.69) is 29.1 Å². The number of pyridine rings is 1. The van der Waals surface area contributed by atoms with Crippen molar-refractivity contribution in [1.29, 1.82) is 0 Å². The highest BCUT2D eigenvalue weighted by Crippen LogP contribution is 2.14. The van der Waals surface area contributed by atoms with E-state index in [0.717, 1.165) is 42.3 Å². The van der Waals surface area contributed by atoms with E-state index in [0.29, 0.717) is 6.61 Å². The zero-order chi connectivity index (χ0) is 15.1. The molecule has 0 saturated heterocycles. The largest absolute Gasteiger partial charge is 0.493 e. The maximum atomic E-state index is 5.71. The second-order valence-corrected chi connectivity index (χ2v) is 5.28. The molecule has 0 aliphatic heterocycles. The Kier molecular flexibility index (Phi) is 5.58. The summed E-state index contributed by atoms with van der Waals surface area (Å²) in [7, 11) is 2.10. The van der Waals surface area contributed by atoms with Crippen molar-refractivity contribution in [2.75, 3.05) is 25.9 Å². The fourth-order valence-corrected chi connectivity index (χ4v) is 2.17. The molecule has 0 fully saturated rings. The third-order valence-electron chi connectivity index (χ3n) is 3.19. The van der Waals surface area contributed by atoms with Gasteiger partial charge in [-0.2, -0.15) is 0 Å². The van der Waals surface area contributed by atoms with Gasteiger partial charge in [0, 0.05) is 30.5 Å². The molecule has 1 aromatic heterocycles.